The summed E-state index contributed by atoms with van der Waals surface area (Å²) in [4.78, 5) is 9.01. The fourth-order valence-corrected chi connectivity index (χ4v) is 3.01. The van der Waals surface area contributed by atoms with Crippen LogP contribution >= 0.6 is 0 Å². The van der Waals surface area contributed by atoms with Gasteiger partial charge in [-0.3, -0.25) is 9.50 Å². The van der Waals surface area contributed by atoms with E-state index in [9.17, 15) is 0 Å². The van der Waals surface area contributed by atoms with Crippen molar-refractivity contribution in [1.29, 1.82) is 0 Å². The van der Waals surface area contributed by atoms with E-state index < -0.39 is 0 Å². The summed E-state index contributed by atoms with van der Waals surface area (Å²) in [6, 6.07) is 7.88. The number of benzene rings is 1. The minimum atomic E-state index is 0.671. The highest BCUT2D eigenvalue weighted by molar-refractivity contribution is 5.93. The molecular weight excluding hydrogens is 328 g/mol. The molecule has 0 radical (unpaired) electrons. The van der Waals surface area contributed by atoms with Crippen molar-refractivity contribution in [3.63, 3.8) is 0 Å². The lowest BCUT2D eigenvalue weighted by Crippen LogP contribution is -2.00. The Balaban J connectivity index is 1.64. The van der Waals surface area contributed by atoms with E-state index in [1.807, 2.05) is 54.2 Å². The normalized spacial score (nSPS) is 11.3. The molecule has 26 heavy (non-hydrogen) atoms. The molecule has 4 aromatic heterocycles. The van der Waals surface area contributed by atoms with Crippen molar-refractivity contribution in [2.75, 3.05) is 5.32 Å². The molecule has 0 aliphatic carbocycles. The van der Waals surface area contributed by atoms with Crippen molar-refractivity contribution in [2.45, 2.75) is 6.92 Å². The Kier molecular flexibility index (Phi) is 3.14. The van der Waals surface area contributed by atoms with Gasteiger partial charge in [-0.25, -0.2) is 9.97 Å². The average Bonchev–Trinajstić information content (AvgIpc) is 3.32. The number of aromatic nitrogens is 7. The highest BCUT2D eigenvalue weighted by Crippen LogP contribution is 2.28. The molecular formula is C18H14N8. The molecule has 0 unspecified atom stereocenters. The first-order valence-corrected chi connectivity index (χ1v) is 8.11. The summed E-state index contributed by atoms with van der Waals surface area (Å²) in [6.45, 7) is 1.92. The molecule has 8 nitrogen and oxygen atoms in total. The highest BCUT2D eigenvalue weighted by Gasteiger charge is 2.12. The van der Waals surface area contributed by atoms with Crippen LogP contribution in [-0.4, -0.2) is 34.8 Å². The second-order valence-corrected chi connectivity index (χ2v) is 5.95. The summed E-state index contributed by atoms with van der Waals surface area (Å²) in [5.41, 5.74) is 5.24. The van der Waals surface area contributed by atoms with Gasteiger partial charge < -0.3 is 5.32 Å². The number of H-pyrrole nitrogens is 1. The highest BCUT2D eigenvalue weighted by atomic mass is 15.1. The lowest BCUT2D eigenvalue weighted by atomic mass is 10.2. The standard InChI is InChI=1S/C18H14N8/c1-11-7-13-14(3-2-4-15(13)25-24-11)23-17-18-20-10-16(12-8-21-22-9-12)26(18)6-5-19-17/h2-10H,1H3,(H,19,23)(H,21,22). The van der Waals surface area contributed by atoms with Gasteiger partial charge in [-0.2, -0.15) is 15.3 Å². The minimum Gasteiger partial charge on any atom is -0.337 e. The molecule has 0 fully saturated rings. The molecule has 5 rings (SSSR count). The minimum absolute atomic E-state index is 0.671. The van der Waals surface area contributed by atoms with E-state index in [4.69, 9.17) is 0 Å². The third-order valence-electron chi connectivity index (χ3n) is 4.23. The van der Waals surface area contributed by atoms with Gasteiger partial charge in [0, 0.05) is 35.2 Å². The van der Waals surface area contributed by atoms with Crippen molar-refractivity contribution in [3.8, 4) is 11.3 Å². The van der Waals surface area contributed by atoms with Crippen LogP contribution in [-0.2, 0) is 0 Å². The summed E-state index contributed by atoms with van der Waals surface area (Å²) in [5, 5.41) is 19.6. The number of nitrogens with zero attached hydrogens (tertiary/aromatic N) is 6. The molecule has 0 aliphatic heterocycles. The lowest BCUT2D eigenvalue weighted by molar-refractivity contribution is 1.02. The smallest absolute Gasteiger partial charge is 0.180 e. The summed E-state index contributed by atoms with van der Waals surface area (Å²) >= 11 is 0. The van der Waals surface area contributed by atoms with E-state index in [0.717, 1.165) is 39.2 Å². The summed E-state index contributed by atoms with van der Waals surface area (Å²) in [6.07, 6.45) is 9.05. The quantitative estimate of drug-likeness (QED) is 0.523. The number of anilines is 2. The van der Waals surface area contributed by atoms with Crippen molar-refractivity contribution >= 4 is 28.1 Å². The molecule has 1 aromatic carbocycles. The van der Waals surface area contributed by atoms with E-state index in [1.54, 1.807) is 12.4 Å². The van der Waals surface area contributed by atoms with E-state index in [-0.39, 0.29) is 0 Å². The molecule has 126 valence electrons. The molecule has 5 aromatic rings. The zero-order chi connectivity index (χ0) is 17.5. The molecule has 0 bridgehead atoms. The van der Waals surface area contributed by atoms with Gasteiger partial charge in [0.1, 0.15) is 0 Å². The van der Waals surface area contributed by atoms with Crippen LogP contribution in [0.3, 0.4) is 0 Å². The number of hydrogen-bond donors (Lipinski definition) is 2. The number of rotatable bonds is 3. The summed E-state index contributed by atoms with van der Waals surface area (Å²) in [7, 11) is 0. The van der Waals surface area contributed by atoms with E-state index in [2.05, 4.69) is 35.7 Å². The second kappa shape index (κ2) is 5.62. The maximum atomic E-state index is 4.54. The first-order chi connectivity index (χ1) is 12.8. The number of aryl methyl sites for hydroxylation is 1. The first kappa shape index (κ1) is 14.5. The van der Waals surface area contributed by atoms with Crippen molar-refractivity contribution in [1.82, 2.24) is 34.8 Å². The fraction of sp³-hybridized carbons (Fsp3) is 0.0556. The van der Waals surface area contributed by atoms with Crippen molar-refractivity contribution < 1.29 is 0 Å². The third-order valence-corrected chi connectivity index (χ3v) is 4.23. The van der Waals surface area contributed by atoms with Crippen LogP contribution in [0, 0.1) is 6.92 Å². The number of aromatic amines is 1. The Labute approximate surface area is 148 Å². The van der Waals surface area contributed by atoms with Gasteiger partial charge in [0.2, 0.25) is 0 Å². The van der Waals surface area contributed by atoms with Crippen LogP contribution < -0.4 is 5.32 Å². The van der Waals surface area contributed by atoms with Gasteiger partial charge in [0.05, 0.1) is 29.3 Å². The largest absolute Gasteiger partial charge is 0.337 e. The molecule has 2 N–H and O–H groups in total. The van der Waals surface area contributed by atoms with Crippen LogP contribution in [0.1, 0.15) is 5.69 Å². The van der Waals surface area contributed by atoms with Gasteiger partial charge >= 0.3 is 0 Å². The third kappa shape index (κ3) is 2.27. The average molecular weight is 342 g/mol. The first-order valence-electron chi connectivity index (χ1n) is 8.11. The maximum Gasteiger partial charge on any atom is 0.180 e. The van der Waals surface area contributed by atoms with Gasteiger partial charge in [0.15, 0.2) is 11.5 Å². The fourth-order valence-electron chi connectivity index (χ4n) is 3.01. The Bertz CT molecular complexity index is 1220. The number of imidazole rings is 1. The van der Waals surface area contributed by atoms with Gasteiger partial charge in [-0.15, -0.1) is 0 Å². The zero-order valence-electron chi connectivity index (χ0n) is 13.9. The van der Waals surface area contributed by atoms with Crippen LogP contribution in [0.2, 0.25) is 0 Å². The lowest BCUT2D eigenvalue weighted by Gasteiger charge is -2.10. The SMILES string of the molecule is Cc1cc2c(Nc3nccn4c(-c5cn[nH]c5)cnc34)cccc2nn1. The van der Waals surface area contributed by atoms with E-state index >= 15 is 0 Å². The zero-order valence-corrected chi connectivity index (χ0v) is 13.9. The predicted octanol–water partition coefficient (Wildman–Crippen LogP) is 3.11. The number of nitrogens with one attached hydrogen (secondary N) is 2. The Morgan fingerprint density at radius 1 is 1.12 bits per heavy atom. The van der Waals surface area contributed by atoms with E-state index in [1.165, 1.54) is 0 Å². The summed E-state index contributed by atoms with van der Waals surface area (Å²) < 4.78 is 1.98. The van der Waals surface area contributed by atoms with Crippen LogP contribution in [0.5, 0.6) is 0 Å². The molecule has 0 aliphatic rings. The topological polar surface area (TPSA) is 96.7 Å². The van der Waals surface area contributed by atoms with Crippen LogP contribution in [0.15, 0.2) is 55.2 Å². The molecule has 0 saturated heterocycles. The Morgan fingerprint density at radius 3 is 2.96 bits per heavy atom. The van der Waals surface area contributed by atoms with Crippen molar-refractivity contribution in [2.24, 2.45) is 0 Å². The molecule has 0 spiro atoms. The molecule has 0 amide bonds. The molecule has 0 atom stereocenters. The number of hydrogen-bond acceptors (Lipinski definition) is 6. The van der Waals surface area contributed by atoms with E-state index in [0.29, 0.717) is 5.82 Å². The molecule has 0 saturated carbocycles. The Hall–Kier alpha value is -3.81. The molecule has 4 heterocycles. The van der Waals surface area contributed by atoms with Crippen molar-refractivity contribution in [3.05, 3.63) is 60.9 Å². The van der Waals surface area contributed by atoms with Crippen LogP contribution in [0.25, 0.3) is 27.8 Å². The second-order valence-electron chi connectivity index (χ2n) is 5.95. The molecule has 8 heteroatoms. The maximum absolute atomic E-state index is 4.54. The Morgan fingerprint density at radius 2 is 2.08 bits per heavy atom. The monoisotopic (exact) mass is 342 g/mol. The van der Waals surface area contributed by atoms with Crippen LogP contribution in [0.4, 0.5) is 11.5 Å². The predicted molar refractivity (Wildman–Crippen MR) is 98.1 cm³/mol. The van der Waals surface area contributed by atoms with Gasteiger partial charge in [0.25, 0.3) is 0 Å². The number of fused-ring (bicyclic) bond motifs is 2. The van der Waals surface area contributed by atoms with Gasteiger partial charge in [-0.1, -0.05) is 6.07 Å². The summed E-state index contributed by atoms with van der Waals surface area (Å²) in [5.74, 6) is 0.671. The van der Waals surface area contributed by atoms with Gasteiger partial charge in [-0.05, 0) is 25.1 Å².